The first kappa shape index (κ1) is 9.32. The molecule has 3 heteroatoms. The Hall–Kier alpha value is -1.77. The van der Waals surface area contributed by atoms with Crippen LogP contribution in [0.3, 0.4) is 0 Å². The first-order valence-electron chi connectivity index (χ1n) is 3.79. The topological polar surface area (TPSA) is 46.5 Å². The minimum Gasteiger partial charge on any atom is -0.497 e. The minimum atomic E-state index is -0.920. The van der Waals surface area contributed by atoms with Gasteiger partial charge in [0.2, 0.25) is 0 Å². The Morgan fingerprint density at radius 1 is 1.46 bits per heavy atom. The first-order chi connectivity index (χ1) is 6.24. The van der Waals surface area contributed by atoms with Gasteiger partial charge in [-0.25, -0.2) is 4.79 Å². The summed E-state index contributed by atoms with van der Waals surface area (Å²) < 4.78 is 4.94. The van der Waals surface area contributed by atoms with Crippen molar-refractivity contribution < 1.29 is 14.6 Å². The molecule has 0 aliphatic rings. The van der Waals surface area contributed by atoms with Gasteiger partial charge in [0.15, 0.2) is 0 Å². The second kappa shape index (κ2) is 4.30. The van der Waals surface area contributed by atoms with E-state index in [2.05, 4.69) is 6.58 Å². The van der Waals surface area contributed by atoms with E-state index in [-0.39, 0.29) is 5.56 Å². The van der Waals surface area contributed by atoms with Crippen LogP contribution in [0.15, 0.2) is 37.1 Å². The van der Waals surface area contributed by atoms with Crippen LogP contribution in [-0.4, -0.2) is 11.1 Å². The molecular formula is C10H10O3. The molecule has 1 N–H and O–H groups in total. The smallest absolute Gasteiger partial charge is 0.335 e. The fraction of sp³-hybridized carbons (Fsp3) is 0.100. The van der Waals surface area contributed by atoms with E-state index in [9.17, 15) is 4.79 Å². The SMILES string of the molecule is C=COCc1ccc(C(=O)O)cc1. The van der Waals surface area contributed by atoms with Crippen LogP contribution in [0.25, 0.3) is 0 Å². The molecule has 1 rings (SSSR count). The Labute approximate surface area is 76.3 Å². The van der Waals surface area contributed by atoms with Gasteiger partial charge >= 0.3 is 5.97 Å². The lowest BCUT2D eigenvalue weighted by Crippen LogP contribution is -1.96. The number of aromatic carboxylic acids is 1. The molecule has 0 saturated heterocycles. The maximum absolute atomic E-state index is 10.5. The Morgan fingerprint density at radius 2 is 2.08 bits per heavy atom. The number of rotatable bonds is 4. The molecule has 68 valence electrons. The highest BCUT2D eigenvalue weighted by Gasteiger charge is 2.00. The van der Waals surface area contributed by atoms with Crippen LogP contribution in [0, 0.1) is 0 Å². The molecule has 0 aliphatic heterocycles. The molecule has 0 fully saturated rings. The first-order valence-corrected chi connectivity index (χ1v) is 3.79. The van der Waals surface area contributed by atoms with Gasteiger partial charge in [-0.05, 0) is 17.7 Å². The summed E-state index contributed by atoms with van der Waals surface area (Å²) in [5, 5.41) is 8.60. The van der Waals surface area contributed by atoms with Gasteiger partial charge in [0, 0.05) is 0 Å². The van der Waals surface area contributed by atoms with Crippen molar-refractivity contribution in [2.75, 3.05) is 0 Å². The van der Waals surface area contributed by atoms with E-state index in [0.717, 1.165) is 5.56 Å². The van der Waals surface area contributed by atoms with Gasteiger partial charge in [0.1, 0.15) is 6.61 Å². The van der Waals surface area contributed by atoms with Crippen molar-refractivity contribution in [3.05, 3.63) is 48.2 Å². The zero-order valence-corrected chi connectivity index (χ0v) is 7.06. The van der Waals surface area contributed by atoms with Gasteiger partial charge in [0.05, 0.1) is 11.8 Å². The van der Waals surface area contributed by atoms with E-state index < -0.39 is 5.97 Å². The fourth-order valence-corrected chi connectivity index (χ4v) is 0.899. The van der Waals surface area contributed by atoms with Crippen molar-refractivity contribution in [1.29, 1.82) is 0 Å². The van der Waals surface area contributed by atoms with Gasteiger partial charge in [-0.3, -0.25) is 0 Å². The maximum atomic E-state index is 10.5. The summed E-state index contributed by atoms with van der Waals surface area (Å²) in [6.07, 6.45) is 1.35. The molecule has 0 aliphatic carbocycles. The number of hydrogen-bond acceptors (Lipinski definition) is 2. The molecule has 0 amide bonds. The third-order valence-corrected chi connectivity index (χ3v) is 1.57. The lowest BCUT2D eigenvalue weighted by Gasteiger charge is -2.00. The molecular weight excluding hydrogens is 168 g/mol. The Morgan fingerprint density at radius 3 is 2.54 bits per heavy atom. The summed E-state index contributed by atoms with van der Waals surface area (Å²) in [7, 11) is 0. The lowest BCUT2D eigenvalue weighted by atomic mass is 10.1. The van der Waals surface area contributed by atoms with Crippen LogP contribution in [0.5, 0.6) is 0 Å². The minimum absolute atomic E-state index is 0.280. The molecule has 1 aromatic rings. The highest BCUT2D eigenvalue weighted by Crippen LogP contribution is 2.05. The molecule has 0 unspecified atom stereocenters. The fourth-order valence-electron chi connectivity index (χ4n) is 0.899. The highest BCUT2D eigenvalue weighted by molar-refractivity contribution is 5.87. The van der Waals surface area contributed by atoms with E-state index in [1.165, 1.54) is 6.26 Å². The standard InChI is InChI=1S/C10H10O3/c1-2-13-7-8-3-5-9(6-4-8)10(11)12/h2-6H,1,7H2,(H,11,12). The van der Waals surface area contributed by atoms with Gasteiger partial charge in [-0.15, -0.1) is 0 Å². The van der Waals surface area contributed by atoms with Gasteiger partial charge < -0.3 is 9.84 Å². The average Bonchev–Trinajstić information content (AvgIpc) is 2.15. The predicted octanol–water partition coefficient (Wildman–Crippen LogP) is 2.04. The van der Waals surface area contributed by atoms with Gasteiger partial charge in [-0.1, -0.05) is 18.7 Å². The molecule has 0 aromatic heterocycles. The number of carbonyl (C=O) groups is 1. The lowest BCUT2D eigenvalue weighted by molar-refractivity contribution is 0.0697. The molecule has 3 nitrogen and oxygen atoms in total. The molecule has 0 spiro atoms. The molecule has 0 radical (unpaired) electrons. The molecule has 0 heterocycles. The predicted molar refractivity (Wildman–Crippen MR) is 48.4 cm³/mol. The number of carboxylic acid groups (broad SMARTS) is 1. The van der Waals surface area contributed by atoms with E-state index in [0.29, 0.717) is 6.61 Å². The third-order valence-electron chi connectivity index (χ3n) is 1.57. The van der Waals surface area contributed by atoms with E-state index in [1.54, 1.807) is 24.3 Å². The van der Waals surface area contributed by atoms with Crippen molar-refractivity contribution in [1.82, 2.24) is 0 Å². The molecule has 0 saturated carbocycles. The largest absolute Gasteiger partial charge is 0.497 e. The van der Waals surface area contributed by atoms with Crippen molar-refractivity contribution in [3.8, 4) is 0 Å². The monoisotopic (exact) mass is 178 g/mol. The molecule has 0 bridgehead atoms. The van der Waals surface area contributed by atoms with Crippen LogP contribution in [0.4, 0.5) is 0 Å². The number of benzene rings is 1. The molecule has 0 atom stereocenters. The van der Waals surface area contributed by atoms with Crippen LogP contribution in [0.2, 0.25) is 0 Å². The van der Waals surface area contributed by atoms with Crippen LogP contribution in [-0.2, 0) is 11.3 Å². The summed E-state index contributed by atoms with van der Waals surface area (Å²) in [4.78, 5) is 10.5. The van der Waals surface area contributed by atoms with Crippen molar-refractivity contribution in [3.63, 3.8) is 0 Å². The van der Waals surface area contributed by atoms with Crippen molar-refractivity contribution in [2.45, 2.75) is 6.61 Å². The second-order valence-corrected chi connectivity index (χ2v) is 2.48. The van der Waals surface area contributed by atoms with Crippen LogP contribution in [0.1, 0.15) is 15.9 Å². The second-order valence-electron chi connectivity index (χ2n) is 2.48. The number of carboxylic acids is 1. The molecule has 13 heavy (non-hydrogen) atoms. The summed E-state index contributed by atoms with van der Waals surface area (Å²) in [5.41, 5.74) is 1.20. The summed E-state index contributed by atoms with van der Waals surface area (Å²) >= 11 is 0. The normalized spacial score (nSPS) is 9.23. The van der Waals surface area contributed by atoms with E-state index >= 15 is 0 Å². The zero-order valence-electron chi connectivity index (χ0n) is 7.06. The van der Waals surface area contributed by atoms with Crippen molar-refractivity contribution in [2.24, 2.45) is 0 Å². The zero-order chi connectivity index (χ0) is 9.68. The maximum Gasteiger partial charge on any atom is 0.335 e. The summed E-state index contributed by atoms with van der Waals surface area (Å²) in [6.45, 7) is 3.83. The average molecular weight is 178 g/mol. The number of hydrogen-bond donors (Lipinski definition) is 1. The third kappa shape index (κ3) is 2.63. The van der Waals surface area contributed by atoms with E-state index in [4.69, 9.17) is 9.84 Å². The van der Waals surface area contributed by atoms with Crippen LogP contribution < -0.4 is 0 Å². The molecule has 1 aromatic carbocycles. The summed E-state index contributed by atoms with van der Waals surface area (Å²) in [6, 6.07) is 6.52. The quantitative estimate of drug-likeness (QED) is 0.717. The Bertz CT molecular complexity index is 300. The van der Waals surface area contributed by atoms with Gasteiger partial charge in [0.25, 0.3) is 0 Å². The Balaban J connectivity index is 2.69. The highest BCUT2D eigenvalue weighted by atomic mass is 16.5. The summed E-state index contributed by atoms with van der Waals surface area (Å²) in [5.74, 6) is -0.920. The van der Waals surface area contributed by atoms with E-state index in [1.807, 2.05) is 0 Å². The Kier molecular flexibility index (Phi) is 3.09. The number of ether oxygens (including phenoxy) is 1. The van der Waals surface area contributed by atoms with Gasteiger partial charge in [-0.2, -0.15) is 0 Å². The van der Waals surface area contributed by atoms with Crippen molar-refractivity contribution >= 4 is 5.97 Å². The van der Waals surface area contributed by atoms with Crippen LogP contribution >= 0.6 is 0 Å².